The van der Waals surface area contributed by atoms with Gasteiger partial charge in [0, 0.05) is 38.4 Å². The van der Waals surface area contributed by atoms with Gasteiger partial charge in [0.05, 0.1) is 34.3 Å². The minimum atomic E-state index is -0.277. The molecule has 0 amide bonds. The second-order valence-electron chi connectivity index (χ2n) is 10.2. The molecular weight excluding hydrogens is 505 g/mol. The Morgan fingerprint density at radius 1 is 0.512 bits per heavy atom. The molecule has 8 rings (SSSR count). The molecule has 4 heteroatoms. The van der Waals surface area contributed by atoms with E-state index in [0.717, 1.165) is 55.3 Å². The van der Waals surface area contributed by atoms with Crippen LogP contribution < -0.4 is 0 Å². The Labute approximate surface area is 235 Å². The molecule has 41 heavy (non-hydrogen) atoms. The van der Waals surface area contributed by atoms with Crippen molar-refractivity contribution >= 4 is 49.3 Å². The fraction of sp³-hybridized carbons (Fsp3) is 0. The number of para-hydroxylation sites is 6. The molecule has 6 aromatic carbocycles. The SMILES string of the molecule is [C-]#[N+]c1ccccc1-n1c2cccc(F)c2c2cccc(-c3cccc4c5ccccc5n(-c5ccccc5)c34)c21. The van der Waals surface area contributed by atoms with Crippen LogP contribution in [0.4, 0.5) is 10.1 Å². The van der Waals surface area contributed by atoms with Crippen molar-refractivity contribution in [2.75, 3.05) is 0 Å². The predicted octanol–water partition coefficient (Wildman–Crippen LogP) is 10.2. The molecule has 2 aromatic heterocycles. The highest BCUT2D eigenvalue weighted by atomic mass is 19.1. The second-order valence-corrected chi connectivity index (χ2v) is 10.2. The van der Waals surface area contributed by atoms with Crippen LogP contribution >= 0.6 is 0 Å². The lowest BCUT2D eigenvalue weighted by molar-refractivity contribution is 0.640. The van der Waals surface area contributed by atoms with Gasteiger partial charge in [-0.15, -0.1) is 0 Å². The monoisotopic (exact) mass is 527 g/mol. The third kappa shape index (κ3) is 3.30. The molecule has 0 atom stereocenters. The van der Waals surface area contributed by atoms with Crippen molar-refractivity contribution in [2.45, 2.75) is 0 Å². The van der Waals surface area contributed by atoms with Crippen molar-refractivity contribution in [3.05, 3.63) is 151 Å². The number of nitrogens with zero attached hydrogens (tertiary/aromatic N) is 3. The first kappa shape index (κ1) is 23.2. The summed E-state index contributed by atoms with van der Waals surface area (Å²) in [6, 6.07) is 44.1. The minimum Gasteiger partial charge on any atom is -0.318 e. The maximum absolute atomic E-state index is 15.6. The van der Waals surface area contributed by atoms with E-state index in [-0.39, 0.29) is 5.82 Å². The van der Waals surface area contributed by atoms with E-state index in [1.807, 2.05) is 48.5 Å². The number of aromatic nitrogens is 2. The molecular formula is C37H22FN3. The maximum Gasteiger partial charge on any atom is 0.210 e. The summed E-state index contributed by atoms with van der Waals surface area (Å²) in [5.41, 5.74) is 8.16. The standard InChI is InChI=1S/C37H22FN3/c1-39-31-20-6-8-22-33(31)41-34-23-11-19-30(38)35(34)29-18-10-17-28(37(29)41)27-16-9-15-26-25-14-5-7-21-32(25)40(36(26)27)24-12-3-2-4-13-24/h2-23H. The predicted molar refractivity (Wildman–Crippen MR) is 167 cm³/mol. The number of hydrogen-bond acceptors (Lipinski definition) is 0. The summed E-state index contributed by atoms with van der Waals surface area (Å²) in [5.74, 6) is -0.277. The summed E-state index contributed by atoms with van der Waals surface area (Å²) in [7, 11) is 0. The van der Waals surface area contributed by atoms with Crippen LogP contribution in [0, 0.1) is 12.4 Å². The van der Waals surface area contributed by atoms with Crippen LogP contribution in [0.2, 0.25) is 0 Å². The number of benzene rings is 6. The number of halogens is 1. The largest absolute Gasteiger partial charge is 0.318 e. The molecule has 192 valence electrons. The Bertz CT molecular complexity index is 2340. The molecule has 0 unspecified atom stereocenters. The van der Waals surface area contributed by atoms with Crippen LogP contribution in [-0.4, -0.2) is 9.13 Å². The quantitative estimate of drug-likeness (QED) is 0.203. The minimum absolute atomic E-state index is 0.277. The maximum atomic E-state index is 15.6. The zero-order chi connectivity index (χ0) is 27.5. The second kappa shape index (κ2) is 8.94. The molecule has 0 saturated heterocycles. The normalized spacial score (nSPS) is 11.5. The van der Waals surface area contributed by atoms with Gasteiger partial charge in [0.1, 0.15) is 5.82 Å². The summed E-state index contributed by atoms with van der Waals surface area (Å²) in [6.07, 6.45) is 0. The molecule has 0 saturated carbocycles. The Kier molecular flexibility index (Phi) is 5.07. The van der Waals surface area contributed by atoms with Crippen molar-refractivity contribution in [3.63, 3.8) is 0 Å². The van der Waals surface area contributed by atoms with Gasteiger partial charge in [-0.05, 0) is 36.4 Å². The van der Waals surface area contributed by atoms with E-state index >= 15 is 4.39 Å². The Morgan fingerprint density at radius 3 is 1.93 bits per heavy atom. The zero-order valence-corrected chi connectivity index (χ0v) is 21.9. The van der Waals surface area contributed by atoms with E-state index in [1.165, 1.54) is 11.5 Å². The van der Waals surface area contributed by atoms with E-state index in [0.29, 0.717) is 11.1 Å². The molecule has 0 bridgehead atoms. The van der Waals surface area contributed by atoms with E-state index in [1.54, 1.807) is 6.07 Å². The van der Waals surface area contributed by atoms with Gasteiger partial charge in [-0.2, -0.15) is 0 Å². The average Bonchev–Trinajstić information content (AvgIpc) is 3.55. The van der Waals surface area contributed by atoms with Gasteiger partial charge in [-0.1, -0.05) is 97.1 Å². The molecule has 0 aliphatic heterocycles. The van der Waals surface area contributed by atoms with E-state index in [4.69, 9.17) is 6.57 Å². The van der Waals surface area contributed by atoms with Crippen LogP contribution in [0.5, 0.6) is 0 Å². The lowest BCUT2D eigenvalue weighted by atomic mass is 9.99. The van der Waals surface area contributed by atoms with Gasteiger partial charge in [-0.25, -0.2) is 9.24 Å². The molecule has 0 fully saturated rings. The first-order valence-electron chi connectivity index (χ1n) is 13.5. The van der Waals surface area contributed by atoms with Gasteiger partial charge in [-0.3, -0.25) is 0 Å². The van der Waals surface area contributed by atoms with Gasteiger partial charge in [0.15, 0.2) is 0 Å². The van der Waals surface area contributed by atoms with Crippen LogP contribution in [-0.2, 0) is 0 Å². The fourth-order valence-electron chi connectivity index (χ4n) is 6.37. The molecule has 0 N–H and O–H groups in total. The van der Waals surface area contributed by atoms with E-state index in [2.05, 4.69) is 86.8 Å². The first-order chi connectivity index (χ1) is 20.3. The number of rotatable bonds is 3. The summed E-state index contributed by atoms with van der Waals surface area (Å²) in [5, 5.41) is 3.69. The summed E-state index contributed by atoms with van der Waals surface area (Å²) in [4.78, 5) is 3.83. The van der Waals surface area contributed by atoms with Gasteiger partial charge < -0.3 is 9.13 Å². The molecule has 0 aliphatic carbocycles. The third-order valence-electron chi connectivity index (χ3n) is 8.00. The van der Waals surface area contributed by atoms with E-state index in [9.17, 15) is 0 Å². The lowest BCUT2D eigenvalue weighted by Crippen LogP contribution is -1.98. The van der Waals surface area contributed by atoms with Gasteiger partial charge >= 0.3 is 0 Å². The Morgan fingerprint density at radius 2 is 1.12 bits per heavy atom. The molecule has 0 spiro atoms. The van der Waals surface area contributed by atoms with Crippen LogP contribution in [0.15, 0.2) is 133 Å². The highest BCUT2D eigenvalue weighted by Gasteiger charge is 2.23. The Hall–Kier alpha value is -5.66. The van der Waals surface area contributed by atoms with Crippen molar-refractivity contribution in [2.24, 2.45) is 0 Å². The first-order valence-corrected chi connectivity index (χ1v) is 13.5. The van der Waals surface area contributed by atoms with Crippen LogP contribution in [0.3, 0.4) is 0 Å². The summed E-state index contributed by atoms with van der Waals surface area (Å²) in [6.45, 7) is 7.89. The molecule has 0 aliphatic rings. The van der Waals surface area contributed by atoms with Crippen molar-refractivity contribution in [1.82, 2.24) is 9.13 Å². The highest BCUT2D eigenvalue weighted by molar-refractivity contribution is 6.19. The smallest absolute Gasteiger partial charge is 0.210 e. The van der Waals surface area contributed by atoms with Crippen molar-refractivity contribution < 1.29 is 4.39 Å². The van der Waals surface area contributed by atoms with Crippen LogP contribution in [0.1, 0.15) is 0 Å². The highest BCUT2D eigenvalue weighted by Crippen LogP contribution is 2.44. The topological polar surface area (TPSA) is 14.2 Å². The molecule has 8 aromatic rings. The molecule has 3 nitrogen and oxygen atoms in total. The summed E-state index contributed by atoms with van der Waals surface area (Å²) >= 11 is 0. The van der Waals surface area contributed by atoms with Gasteiger partial charge in [0.25, 0.3) is 0 Å². The van der Waals surface area contributed by atoms with Crippen LogP contribution in [0.25, 0.3) is 71.0 Å². The number of hydrogen-bond donors (Lipinski definition) is 0. The van der Waals surface area contributed by atoms with Crippen molar-refractivity contribution in [3.8, 4) is 22.5 Å². The molecule has 2 heterocycles. The van der Waals surface area contributed by atoms with E-state index < -0.39 is 0 Å². The summed E-state index contributed by atoms with van der Waals surface area (Å²) < 4.78 is 19.9. The Balaban J connectivity index is 1.59. The lowest BCUT2D eigenvalue weighted by Gasteiger charge is -2.15. The van der Waals surface area contributed by atoms with Crippen molar-refractivity contribution in [1.29, 1.82) is 0 Å². The van der Waals surface area contributed by atoms with Gasteiger partial charge in [0.2, 0.25) is 5.69 Å². The average molecular weight is 528 g/mol. The number of fused-ring (bicyclic) bond motifs is 6. The zero-order valence-electron chi connectivity index (χ0n) is 21.9. The molecule has 0 radical (unpaired) electrons. The fourth-order valence-corrected chi connectivity index (χ4v) is 6.37. The third-order valence-corrected chi connectivity index (χ3v) is 8.00.